The Morgan fingerprint density at radius 3 is 2.56 bits per heavy atom. The number of phenolic OH excluding ortho intramolecular Hbond substituents is 1. The first kappa shape index (κ1) is 19.6. The molecule has 1 aliphatic heterocycles. The molecule has 0 radical (unpaired) electrons. The molecule has 27 heavy (non-hydrogen) atoms. The predicted molar refractivity (Wildman–Crippen MR) is 107 cm³/mol. The van der Waals surface area contributed by atoms with E-state index in [0.717, 1.165) is 22.2 Å². The summed E-state index contributed by atoms with van der Waals surface area (Å²) in [5.41, 5.74) is 1.58. The van der Waals surface area contributed by atoms with Crippen LogP contribution in [0, 0.1) is 6.92 Å². The highest BCUT2D eigenvalue weighted by Gasteiger charge is 2.34. The smallest absolute Gasteiger partial charge is 0.293 e. The van der Waals surface area contributed by atoms with Crippen molar-refractivity contribution in [3.8, 4) is 11.5 Å². The maximum atomic E-state index is 12.5. The number of aryl methyl sites for hydroxylation is 1. The van der Waals surface area contributed by atoms with Gasteiger partial charge in [0.1, 0.15) is 12.4 Å². The standard InChI is InChI=1S/C19H15Cl2NO4S/c1-11-3-2-4-13(7-11)26-6-5-22-18(24)16(27-19(22)25)10-12-8-14(20)17(23)15(21)9-12/h2-4,7-10,23H,5-6H2,1H3/b16-10-. The summed E-state index contributed by atoms with van der Waals surface area (Å²) in [6.45, 7) is 2.30. The number of carbonyl (C=O) groups is 2. The van der Waals surface area contributed by atoms with Crippen LogP contribution in [0.25, 0.3) is 6.08 Å². The molecule has 0 aromatic heterocycles. The summed E-state index contributed by atoms with van der Waals surface area (Å²) in [5, 5.41) is 9.38. The number of nitrogens with zero attached hydrogens (tertiary/aromatic N) is 1. The molecule has 2 aromatic carbocycles. The molecule has 0 saturated carbocycles. The Morgan fingerprint density at radius 2 is 1.89 bits per heavy atom. The van der Waals surface area contributed by atoms with Crippen molar-refractivity contribution in [3.05, 3.63) is 62.5 Å². The van der Waals surface area contributed by atoms with Crippen molar-refractivity contribution < 1.29 is 19.4 Å². The summed E-state index contributed by atoms with van der Waals surface area (Å²) in [7, 11) is 0. The molecule has 0 unspecified atom stereocenters. The van der Waals surface area contributed by atoms with E-state index in [9.17, 15) is 14.7 Å². The summed E-state index contributed by atoms with van der Waals surface area (Å²) >= 11 is 12.6. The topological polar surface area (TPSA) is 66.8 Å². The normalized spacial score (nSPS) is 15.7. The van der Waals surface area contributed by atoms with Crippen molar-refractivity contribution >= 4 is 52.2 Å². The Kier molecular flexibility index (Phi) is 5.99. The number of thioether (sulfide) groups is 1. The quantitative estimate of drug-likeness (QED) is 0.675. The second kappa shape index (κ2) is 8.25. The minimum absolute atomic E-state index is 0.0690. The molecule has 5 nitrogen and oxygen atoms in total. The Hall–Kier alpha value is -2.15. The van der Waals surface area contributed by atoms with E-state index in [4.69, 9.17) is 27.9 Å². The lowest BCUT2D eigenvalue weighted by molar-refractivity contribution is -0.123. The van der Waals surface area contributed by atoms with E-state index >= 15 is 0 Å². The van der Waals surface area contributed by atoms with Crippen molar-refractivity contribution in [1.29, 1.82) is 0 Å². The van der Waals surface area contributed by atoms with Crippen LogP contribution in [0.2, 0.25) is 10.0 Å². The van der Waals surface area contributed by atoms with Gasteiger partial charge in [-0.15, -0.1) is 0 Å². The Morgan fingerprint density at radius 1 is 1.19 bits per heavy atom. The van der Waals surface area contributed by atoms with Gasteiger partial charge in [0.15, 0.2) is 5.75 Å². The molecule has 8 heteroatoms. The Labute approximate surface area is 170 Å². The molecule has 0 atom stereocenters. The van der Waals surface area contributed by atoms with E-state index in [2.05, 4.69) is 0 Å². The van der Waals surface area contributed by atoms with Gasteiger partial charge in [-0.2, -0.15) is 0 Å². The number of halogens is 2. The number of hydrogen-bond acceptors (Lipinski definition) is 5. The first-order chi connectivity index (χ1) is 12.8. The van der Waals surface area contributed by atoms with Crippen LogP contribution in [0.4, 0.5) is 4.79 Å². The molecule has 2 amide bonds. The van der Waals surface area contributed by atoms with E-state index in [1.54, 1.807) is 0 Å². The Balaban J connectivity index is 1.67. The molecule has 1 heterocycles. The molecule has 0 spiro atoms. The summed E-state index contributed by atoms with van der Waals surface area (Å²) in [6, 6.07) is 10.5. The Bertz CT molecular complexity index is 922. The van der Waals surface area contributed by atoms with Crippen LogP contribution in [0.3, 0.4) is 0 Å². The third-order valence-corrected chi connectivity index (χ3v) is 5.27. The minimum atomic E-state index is -0.404. The van der Waals surface area contributed by atoms with E-state index in [-0.39, 0.29) is 39.1 Å². The summed E-state index contributed by atoms with van der Waals surface area (Å²) in [6.07, 6.45) is 1.52. The van der Waals surface area contributed by atoms with E-state index in [0.29, 0.717) is 11.3 Å². The van der Waals surface area contributed by atoms with Crippen LogP contribution in [0.15, 0.2) is 41.3 Å². The molecule has 1 saturated heterocycles. The van der Waals surface area contributed by atoms with E-state index in [1.807, 2.05) is 31.2 Å². The predicted octanol–water partition coefficient (Wildman–Crippen LogP) is 5.12. The maximum Gasteiger partial charge on any atom is 0.293 e. The average Bonchev–Trinajstić information content (AvgIpc) is 2.87. The number of carbonyl (C=O) groups excluding carboxylic acids is 2. The van der Waals surface area contributed by atoms with Crippen molar-refractivity contribution in [3.63, 3.8) is 0 Å². The fourth-order valence-corrected chi connectivity index (χ4v) is 3.84. The van der Waals surface area contributed by atoms with Crippen molar-refractivity contribution in [2.24, 2.45) is 0 Å². The second-order valence-corrected chi connectivity index (χ2v) is 7.64. The minimum Gasteiger partial charge on any atom is -0.505 e. The first-order valence-corrected chi connectivity index (χ1v) is 9.55. The van der Waals surface area contributed by atoms with Gasteiger partial charge in [0, 0.05) is 0 Å². The van der Waals surface area contributed by atoms with Gasteiger partial charge in [-0.1, -0.05) is 35.3 Å². The lowest BCUT2D eigenvalue weighted by Crippen LogP contribution is -2.32. The van der Waals surface area contributed by atoms with Gasteiger partial charge >= 0.3 is 0 Å². The maximum absolute atomic E-state index is 12.5. The molecular formula is C19H15Cl2NO4S. The second-order valence-electron chi connectivity index (χ2n) is 5.83. The van der Waals surface area contributed by atoms with Gasteiger partial charge in [0.05, 0.1) is 21.5 Å². The molecule has 3 rings (SSSR count). The molecule has 1 fully saturated rings. The van der Waals surface area contributed by atoms with Crippen molar-refractivity contribution in [2.45, 2.75) is 6.92 Å². The highest BCUT2D eigenvalue weighted by Crippen LogP contribution is 2.36. The number of hydrogen-bond donors (Lipinski definition) is 1. The number of rotatable bonds is 5. The number of ether oxygens (including phenoxy) is 1. The highest BCUT2D eigenvalue weighted by atomic mass is 35.5. The molecule has 0 aliphatic carbocycles. The fourth-order valence-electron chi connectivity index (χ4n) is 2.47. The molecule has 2 aromatic rings. The van der Waals surface area contributed by atoms with Gasteiger partial charge in [-0.05, 0) is 60.2 Å². The van der Waals surface area contributed by atoms with Crippen LogP contribution in [-0.4, -0.2) is 34.3 Å². The number of aromatic hydroxyl groups is 1. The van der Waals surface area contributed by atoms with Crippen LogP contribution in [0.5, 0.6) is 11.5 Å². The first-order valence-electron chi connectivity index (χ1n) is 7.98. The van der Waals surface area contributed by atoms with Crippen LogP contribution in [0.1, 0.15) is 11.1 Å². The van der Waals surface area contributed by atoms with Crippen molar-refractivity contribution in [2.75, 3.05) is 13.2 Å². The number of phenols is 1. The summed E-state index contributed by atoms with van der Waals surface area (Å²) in [4.78, 5) is 26.0. The van der Waals surface area contributed by atoms with E-state index < -0.39 is 5.91 Å². The highest BCUT2D eigenvalue weighted by molar-refractivity contribution is 8.18. The number of benzene rings is 2. The average molecular weight is 424 g/mol. The third-order valence-electron chi connectivity index (χ3n) is 3.78. The van der Waals surface area contributed by atoms with E-state index in [1.165, 1.54) is 18.2 Å². The zero-order chi connectivity index (χ0) is 19.6. The molecule has 1 aliphatic rings. The largest absolute Gasteiger partial charge is 0.505 e. The SMILES string of the molecule is Cc1cccc(OCCN2C(=O)S/C(=C\c3cc(Cl)c(O)c(Cl)c3)C2=O)c1. The van der Waals surface area contributed by atoms with Crippen LogP contribution in [-0.2, 0) is 4.79 Å². The van der Waals surface area contributed by atoms with Gasteiger partial charge in [-0.3, -0.25) is 14.5 Å². The van der Waals surface area contributed by atoms with Gasteiger partial charge in [0.25, 0.3) is 11.1 Å². The molecule has 0 bridgehead atoms. The van der Waals surface area contributed by atoms with Gasteiger partial charge in [0.2, 0.25) is 0 Å². The molecular weight excluding hydrogens is 409 g/mol. The lowest BCUT2D eigenvalue weighted by Gasteiger charge is -2.13. The number of imide groups is 1. The van der Waals surface area contributed by atoms with Gasteiger partial charge < -0.3 is 9.84 Å². The monoisotopic (exact) mass is 423 g/mol. The van der Waals surface area contributed by atoms with Gasteiger partial charge in [-0.25, -0.2) is 0 Å². The summed E-state index contributed by atoms with van der Waals surface area (Å²) in [5.74, 6) is 0.0564. The van der Waals surface area contributed by atoms with Crippen LogP contribution < -0.4 is 4.74 Å². The lowest BCUT2D eigenvalue weighted by atomic mass is 10.2. The zero-order valence-electron chi connectivity index (χ0n) is 14.2. The number of amides is 2. The molecule has 140 valence electrons. The zero-order valence-corrected chi connectivity index (χ0v) is 16.6. The summed E-state index contributed by atoms with van der Waals surface area (Å²) < 4.78 is 5.61. The third kappa shape index (κ3) is 4.58. The fraction of sp³-hybridized carbons (Fsp3) is 0.158. The molecule has 1 N–H and O–H groups in total. The van der Waals surface area contributed by atoms with Crippen LogP contribution >= 0.6 is 35.0 Å². The van der Waals surface area contributed by atoms with Crippen molar-refractivity contribution in [1.82, 2.24) is 4.90 Å².